The topological polar surface area (TPSA) is 61.9 Å². The van der Waals surface area contributed by atoms with E-state index in [0.717, 1.165) is 17.9 Å². The summed E-state index contributed by atoms with van der Waals surface area (Å²) in [6.45, 7) is 5.87. The molecule has 0 spiro atoms. The van der Waals surface area contributed by atoms with Gasteiger partial charge in [-0.1, -0.05) is 30.4 Å². The van der Waals surface area contributed by atoms with E-state index < -0.39 is 6.04 Å². The van der Waals surface area contributed by atoms with Gasteiger partial charge in [-0.05, 0) is 19.9 Å². The van der Waals surface area contributed by atoms with Gasteiger partial charge in [0.1, 0.15) is 5.75 Å². The van der Waals surface area contributed by atoms with Gasteiger partial charge in [0.15, 0.2) is 0 Å². The molecule has 1 heterocycles. The second-order valence-electron chi connectivity index (χ2n) is 6.75. The molecule has 0 bridgehead atoms. The van der Waals surface area contributed by atoms with Crippen LogP contribution in [0, 0.1) is 0 Å². The second kappa shape index (κ2) is 9.38. The number of hydrogen-bond acceptors (Lipinski definition) is 4. The highest BCUT2D eigenvalue weighted by Gasteiger charge is 2.32. The number of nitrogens with zero attached hydrogens (tertiary/aromatic N) is 2. The fourth-order valence-corrected chi connectivity index (χ4v) is 2.92. The summed E-state index contributed by atoms with van der Waals surface area (Å²) in [4.78, 5) is 28.4. The fourth-order valence-electron chi connectivity index (χ4n) is 2.92. The van der Waals surface area contributed by atoms with Crippen molar-refractivity contribution in [3.05, 3.63) is 35.9 Å². The largest absolute Gasteiger partial charge is 0.496 e. The maximum atomic E-state index is 12.4. The van der Waals surface area contributed by atoms with Crippen LogP contribution in [0.3, 0.4) is 0 Å². The van der Waals surface area contributed by atoms with Crippen molar-refractivity contribution in [2.24, 2.45) is 0 Å². The van der Waals surface area contributed by atoms with Crippen LogP contribution in [0.15, 0.2) is 30.3 Å². The van der Waals surface area contributed by atoms with Crippen molar-refractivity contribution in [3.63, 3.8) is 0 Å². The first kappa shape index (κ1) is 20.0. The van der Waals surface area contributed by atoms with Crippen molar-refractivity contribution in [1.29, 1.82) is 0 Å². The molecule has 1 aliphatic rings. The second-order valence-corrected chi connectivity index (χ2v) is 6.75. The van der Waals surface area contributed by atoms with Crippen LogP contribution in [0.2, 0.25) is 0 Å². The molecule has 1 unspecified atom stereocenters. The predicted octanol–water partition coefficient (Wildman–Crippen LogP) is 1.77. The zero-order valence-electron chi connectivity index (χ0n) is 16.1. The molecular formula is C20H29N3O3. The van der Waals surface area contributed by atoms with Gasteiger partial charge in [-0.15, -0.1) is 0 Å². The SMILES string of the molecule is COc1ccccc1/C=C/CN1CCNC(=O)C1CC(=O)N(C)C(C)C. The first-order valence-electron chi connectivity index (χ1n) is 9.01. The van der Waals surface area contributed by atoms with Crippen molar-refractivity contribution in [3.8, 4) is 5.75 Å². The Morgan fingerprint density at radius 2 is 2.15 bits per heavy atom. The van der Waals surface area contributed by atoms with Crippen LogP contribution in [0.5, 0.6) is 5.75 Å². The van der Waals surface area contributed by atoms with E-state index >= 15 is 0 Å². The van der Waals surface area contributed by atoms with Crippen LogP contribution in [-0.2, 0) is 9.59 Å². The first-order chi connectivity index (χ1) is 12.4. The summed E-state index contributed by atoms with van der Waals surface area (Å²) < 4.78 is 5.35. The van der Waals surface area contributed by atoms with Crippen LogP contribution in [0.25, 0.3) is 6.08 Å². The Hall–Kier alpha value is -2.34. The average molecular weight is 359 g/mol. The van der Waals surface area contributed by atoms with Gasteiger partial charge >= 0.3 is 0 Å². The number of carbonyl (C=O) groups is 2. The summed E-state index contributed by atoms with van der Waals surface area (Å²) in [5.41, 5.74) is 0.989. The molecule has 6 heteroatoms. The average Bonchev–Trinajstić information content (AvgIpc) is 2.63. The highest BCUT2D eigenvalue weighted by atomic mass is 16.5. The van der Waals surface area contributed by atoms with Gasteiger partial charge in [0.25, 0.3) is 0 Å². The fraction of sp³-hybridized carbons (Fsp3) is 0.500. The van der Waals surface area contributed by atoms with Crippen LogP contribution in [0.1, 0.15) is 25.8 Å². The number of hydrogen-bond donors (Lipinski definition) is 1. The number of benzene rings is 1. The number of piperazine rings is 1. The van der Waals surface area contributed by atoms with Crippen LogP contribution in [-0.4, -0.2) is 67.5 Å². The van der Waals surface area contributed by atoms with Gasteiger partial charge < -0.3 is 15.0 Å². The molecule has 1 N–H and O–H groups in total. The van der Waals surface area contributed by atoms with E-state index in [1.165, 1.54) is 0 Å². The smallest absolute Gasteiger partial charge is 0.237 e. The number of rotatable bonds is 7. The quantitative estimate of drug-likeness (QED) is 0.806. The minimum absolute atomic E-state index is 0.0132. The maximum absolute atomic E-state index is 12.4. The highest BCUT2D eigenvalue weighted by molar-refractivity contribution is 5.88. The minimum atomic E-state index is -0.431. The molecule has 0 saturated carbocycles. The molecule has 2 rings (SSSR count). The van der Waals surface area contributed by atoms with E-state index in [-0.39, 0.29) is 24.3 Å². The lowest BCUT2D eigenvalue weighted by Crippen LogP contribution is -2.56. The lowest BCUT2D eigenvalue weighted by molar-refractivity contribution is -0.138. The van der Waals surface area contributed by atoms with E-state index in [1.807, 2.05) is 50.3 Å². The number of ether oxygens (including phenoxy) is 1. The molecule has 6 nitrogen and oxygen atoms in total. The van der Waals surface area contributed by atoms with E-state index in [9.17, 15) is 9.59 Å². The summed E-state index contributed by atoms with van der Waals surface area (Å²) in [6.07, 6.45) is 4.20. The third-order valence-electron chi connectivity index (χ3n) is 4.75. The van der Waals surface area contributed by atoms with Crippen molar-refractivity contribution < 1.29 is 14.3 Å². The molecular weight excluding hydrogens is 330 g/mol. The first-order valence-corrected chi connectivity index (χ1v) is 9.01. The lowest BCUT2D eigenvalue weighted by atomic mass is 10.1. The minimum Gasteiger partial charge on any atom is -0.496 e. The Balaban J connectivity index is 2.04. The Bertz CT molecular complexity index is 657. The van der Waals surface area contributed by atoms with Gasteiger partial charge in [-0.2, -0.15) is 0 Å². The third kappa shape index (κ3) is 5.08. The zero-order valence-corrected chi connectivity index (χ0v) is 16.1. The molecule has 1 atom stereocenters. The van der Waals surface area contributed by atoms with Gasteiger partial charge in [-0.3, -0.25) is 14.5 Å². The standard InChI is InChI=1S/C20H29N3O3/c1-15(2)22(3)19(24)14-17-20(25)21-11-13-23(17)12-7-9-16-8-5-6-10-18(16)26-4/h5-10,15,17H,11-14H2,1-4H3,(H,21,25)/b9-7+. The lowest BCUT2D eigenvalue weighted by Gasteiger charge is -2.35. The molecule has 1 aromatic carbocycles. The normalized spacial score (nSPS) is 18.2. The van der Waals surface area contributed by atoms with Crippen LogP contribution >= 0.6 is 0 Å². The van der Waals surface area contributed by atoms with Gasteiger partial charge in [-0.25, -0.2) is 0 Å². The predicted molar refractivity (Wildman–Crippen MR) is 103 cm³/mol. The van der Waals surface area contributed by atoms with E-state index in [2.05, 4.69) is 10.2 Å². The van der Waals surface area contributed by atoms with Crippen LogP contribution < -0.4 is 10.1 Å². The maximum Gasteiger partial charge on any atom is 0.237 e. The molecule has 1 aromatic rings. The molecule has 1 aliphatic heterocycles. The Morgan fingerprint density at radius 1 is 1.42 bits per heavy atom. The number of nitrogens with one attached hydrogen (secondary N) is 1. The van der Waals surface area contributed by atoms with Crippen molar-refractivity contribution in [1.82, 2.24) is 15.1 Å². The molecule has 1 saturated heterocycles. The van der Waals surface area contributed by atoms with Gasteiger partial charge in [0.2, 0.25) is 11.8 Å². The number of carbonyl (C=O) groups excluding carboxylic acids is 2. The highest BCUT2D eigenvalue weighted by Crippen LogP contribution is 2.19. The molecule has 0 aliphatic carbocycles. The van der Waals surface area contributed by atoms with E-state index in [4.69, 9.17) is 4.74 Å². The molecule has 2 amide bonds. The van der Waals surface area contributed by atoms with E-state index in [0.29, 0.717) is 13.1 Å². The summed E-state index contributed by atoms with van der Waals surface area (Å²) in [5.74, 6) is 0.721. The van der Waals surface area contributed by atoms with Crippen molar-refractivity contribution >= 4 is 17.9 Å². The molecule has 0 radical (unpaired) electrons. The van der Waals surface area contributed by atoms with Crippen LogP contribution in [0.4, 0.5) is 0 Å². The Morgan fingerprint density at radius 3 is 2.85 bits per heavy atom. The molecule has 0 aromatic heterocycles. The molecule has 26 heavy (non-hydrogen) atoms. The molecule has 1 fully saturated rings. The summed E-state index contributed by atoms with van der Waals surface area (Å²) in [5, 5.41) is 2.87. The Kier molecular flexibility index (Phi) is 7.21. The summed E-state index contributed by atoms with van der Waals surface area (Å²) in [6, 6.07) is 7.47. The Labute approximate surface area is 155 Å². The molecule has 142 valence electrons. The number of methoxy groups -OCH3 is 1. The number of amides is 2. The van der Waals surface area contributed by atoms with E-state index in [1.54, 1.807) is 19.1 Å². The number of para-hydroxylation sites is 1. The van der Waals surface area contributed by atoms with Gasteiger partial charge in [0.05, 0.1) is 19.6 Å². The van der Waals surface area contributed by atoms with Crippen molar-refractivity contribution in [2.75, 3.05) is 33.8 Å². The van der Waals surface area contributed by atoms with Crippen molar-refractivity contribution in [2.45, 2.75) is 32.4 Å². The zero-order chi connectivity index (χ0) is 19.1. The monoisotopic (exact) mass is 359 g/mol. The summed E-state index contributed by atoms with van der Waals surface area (Å²) in [7, 11) is 3.42. The third-order valence-corrected chi connectivity index (χ3v) is 4.75. The van der Waals surface area contributed by atoms with Gasteiger partial charge in [0, 0.05) is 38.3 Å². The summed E-state index contributed by atoms with van der Waals surface area (Å²) >= 11 is 0.